The lowest BCUT2D eigenvalue weighted by Crippen LogP contribution is -1.97. The third-order valence-corrected chi connectivity index (χ3v) is 2.77. The van der Waals surface area contributed by atoms with Gasteiger partial charge in [-0.05, 0) is 31.0 Å². The van der Waals surface area contributed by atoms with E-state index in [0.717, 1.165) is 5.56 Å². The smallest absolute Gasteiger partial charge is 0.198 e. The predicted octanol–water partition coefficient (Wildman–Crippen LogP) is 2.41. The van der Waals surface area contributed by atoms with Crippen LogP contribution >= 0.6 is 0 Å². The van der Waals surface area contributed by atoms with Crippen molar-refractivity contribution in [3.05, 3.63) is 42.0 Å². The average molecular weight is 245 g/mol. The molecular formula is C14H15NO3. The summed E-state index contributed by atoms with van der Waals surface area (Å²) in [7, 11) is 0. The molecule has 18 heavy (non-hydrogen) atoms. The first-order chi connectivity index (χ1) is 8.58. The number of benzene rings is 1. The van der Waals surface area contributed by atoms with E-state index >= 15 is 0 Å². The maximum absolute atomic E-state index is 11.0. The van der Waals surface area contributed by atoms with Crippen LogP contribution in [0.3, 0.4) is 0 Å². The molecule has 0 saturated heterocycles. The number of carbonyl (C=O) groups excluding carboxylic acids is 1. The zero-order valence-electron chi connectivity index (χ0n) is 10.1. The first-order valence-corrected chi connectivity index (χ1v) is 5.76. The molecule has 0 aliphatic carbocycles. The molecule has 2 N–H and O–H groups in total. The van der Waals surface area contributed by atoms with Crippen LogP contribution in [0.25, 0.3) is 5.69 Å². The van der Waals surface area contributed by atoms with Gasteiger partial charge in [-0.15, -0.1) is 0 Å². The Balaban J connectivity index is 2.30. The van der Waals surface area contributed by atoms with Crippen LogP contribution in [-0.2, 0) is 11.2 Å². The normalized spacial score (nSPS) is 10.5. The number of rotatable bonds is 4. The van der Waals surface area contributed by atoms with Crippen LogP contribution in [0.1, 0.15) is 18.9 Å². The second kappa shape index (κ2) is 4.96. The van der Waals surface area contributed by atoms with Gasteiger partial charge in [0.25, 0.3) is 0 Å². The van der Waals surface area contributed by atoms with E-state index in [1.807, 2.05) is 18.2 Å². The number of aromatic hydroxyl groups is 2. The summed E-state index contributed by atoms with van der Waals surface area (Å²) in [4.78, 5) is 11.0. The molecule has 1 aromatic carbocycles. The zero-order valence-corrected chi connectivity index (χ0v) is 10.1. The Morgan fingerprint density at radius 2 is 1.83 bits per heavy atom. The molecule has 0 fully saturated rings. The minimum atomic E-state index is -0.0174. The Hall–Kier alpha value is -2.23. The summed E-state index contributed by atoms with van der Waals surface area (Å²) >= 11 is 0. The Labute approximate surface area is 105 Å². The monoisotopic (exact) mass is 245 g/mol. The van der Waals surface area contributed by atoms with E-state index in [-0.39, 0.29) is 17.5 Å². The highest BCUT2D eigenvalue weighted by atomic mass is 16.3. The van der Waals surface area contributed by atoms with Gasteiger partial charge in [0.1, 0.15) is 5.78 Å². The third-order valence-electron chi connectivity index (χ3n) is 2.77. The quantitative estimate of drug-likeness (QED) is 0.869. The number of Topliss-reactive ketones (excluding diaryl/α,β-unsaturated/α-hetero) is 1. The van der Waals surface area contributed by atoms with E-state index in [0.29, 0.717) is 18.5 Å². The van der Waals surface area contributed by atoms with Crippen LogP contribution in [0.4, 0.5) is 0 Å². The van der Waals surface area contributed by atoms with Gasteiger partial charge in [-0.2, -0.15) is 0 Å². The predicted molar refractivity (Wildman–Crippen MR) is 68.1 cm³/mol. The van der Waals surface area contributed by atoms with Crippen molar-refractivity contribution >= 4 is 5.78 Å². The largest absolute Gasteiger partial charge is 0.494 e. The van der Waals surface area contributed by atoms with Crippen molar-refractivity contribution in [2.45, 2.75) is 19.8 Å². The van der Waals surface area contributed by atoms with E-state index in [2.05, 4.69) is 0 Å². The van der Waals surface area contributed by atoms with E-state index < -0.39 is 0 Å². The second-order valence-corrected chi connectivity index (χ2v) is 4.26. The number of hydrogen-bond donors (Lipinski definition) is 2. The van der Waals surface area contributed by atoms with Crippen molar-refractivity contribution in [2.24, 2.45) is 0 Å². The lowest BCUT2D eigenvalue weighted by molar-refractivity contribution is -0.116. The fourth-order valence-corrected chi connectivity index (χ4v) is 1.85. The van der Waals surface area contributed by atoms with Crippen molar-refractivity contribution in [2.75, 3.05) is 0 Å². The van der Waals surface area contributed by atoms with Gasteiger partial charge in [0.05, 0.1) is 5.69 Å². The summed E-state index contributed by atoms with van der Waals surface area (Å²) in [5, 5.41) is 19.3. The molecule has 4 heteroatoms. The van der Waals surface area contributed by atoms with E-state index in [1.54, 1.807) is 13.0 Å². The molecule has 0 unspecified atom stereocenters. The number of aryl methyl sites for hydroxylation is 1. The molecule has 94 valence electrons. The van der Waals surface area contributed by atoms with Gasteiger partial charge in [-0.25, -0.2) is 0 Å². The van der Waals surface area contributed by atoms with Crippen molar-refractivity contribution < 1.29 is 15.0 Å². The summed E-state index contributed by atoms with van der Waals surface area (Å²) in [6.07, 6.45) is 1.15. The van der Waals surface area contributed by atoms with Crippen LogP contribution in [0, 0.1) is 0 Å². The van der Waals surface area contributed by atoms with Crippen LogP contribution in [-0.4, -0.2) is 20.6 Å². The molecule has 0 amide bonds. The molecule has 0 saturated carbocycles. The minimum absolute atomic E-state index is 0.0174. The SMILES string of the molecule is CC(=O)CCc1cccc(-n2c(O)ccc2O)c1. The molecule has 0 aliphatic heterocycles. The van der Waals surface area contributed by atoms with E-state index in [9.17, 15) is 15.0 Å². The molecule has 0 atom stereocenters. The highest BCUT2D eigenvalue weighted by molar-refractivity contribution is 5.75. The summed E-state index contributed by atoms with van der Waals surface area (Å²) in [5.41, 5.74) is 1.67. The van der Waals surface area contributed by atoms with E-state index in [4.69, 9.17) is 0 Å². The lowest BCUT2D eigenvalue weighted by Gasteiger charge is -2.08. The van der Waals surface area contributed by atoms with Crippen molar-refractivity contribution in [1.82, 2.24) is 4.57 Å². The molecule has 0 radical (unpaired) electrons. The molecule has 1 heterocycles. The maximum atomic E-state index is 11.0. The zero-order chi connectivity index (χ0) is 13.1. The molecule has 2 aromatic rings. The topological polar surface area (TPSA) is 62.5 Å². The summed E-state index contributed by atoms with van der Waals surface area (Å²) < 4.78 is 1.34. The summed E-state index contributed by atoms with van der Waals surface area (Å²) in [6, 6.07) is 10.3. The van der Waals surface area contributed by atoms with Gasteiger partial charge in [0.2, 0.25) is 0 Å². The van der Waals surface area contributed by atoms with Crippen LogP contribution in [0.5, 0.6) is 11.8 Å². The Morgan fingerprint density at radius 1 is 1.17 bits per heavy atom. The van der Waals surface area contributed by atoms with Crippen molar-refractivity contribution in [3.63, 3.8) is 0 Å². The number of carbonyl (C=O) groups is 1. The maximum Gasteiger partial charge on any atom is 0.198 e. The molecule has 4 nitrogen and oxygen atoms in total. The van der Waals surface area contributed by atoms with Crippen molar-refractivity contribution in [3.8, 4) is 17.4 Å². The molecule has 1 aromatic heterocycles. The summed E-state index contributed by atoms with van der Waals surface area (Å²) in [5.74, 6) is 0.111. The first kappa shape index (κ1) is 12.2. The summed E-state index contributed by atoms with van der Waals surface area (Å²) in [6.45, 7) is 1.56. The van der Waals surface area contributed by atoms with Gasteiger partial charge in [-0.3, -0.25) is 4.57 Å². The van der Waals surface area contributed by atoms with Crippen LogP contribution in [0.15, 0.2) is 36.4 Å². The van der Waals surface area contributed by atoms with Crippen molar-refractivity contribution in [1.29, 1.82) is 0 Å². The van der Waals surface area contributed by atoms with Crippen LogP contribution in [0.2, 0.25) is 0 Å². The minimum Gasteiger partial charge on any atom is -0.494 e. The van der Waals surface area contributed by atoms with Gasteiger partial charge in [-0.1, -0.05) is 12.1 Å². The number of nitrogens with zero attached hydrogens (tertiary/aromatic N) is 1. The molecule has 2 rings (SSSR count). The second-order valence-electron chi connectivity index (χ2n) is 4.26. The van der Waals surface area contributed by atoms with Gasteiger partial charge in [0.15, 0.2) is 11.8 Å². The number of hydrogen-bond acceptors (Lipinski definition) is 3. The Morgan fingerprint density at radius 3 is 2.44 bits per heavy atom. The molecule has 0 spiro atoms. The number of ketones is 1. The fourth-order valence-electron chi connectivity index (χ4n) is 1.85. The Bertz CT molecular complexity index is 553. The van der Waals surface area contributed by atoms with Gasteiger partial charge >= 0.3 is 0 Å². The molecular weight excluding hydrogens is 230 g/mol. The standard InChI is InChI=1S/C14H15NO3/c1-10(16)5-6-11-3-2-4-12(9-11)15-13(17)7-8-14(15)18/h2-4,7-9,17-18H,5-6H2,1H3. The number of aromatic nitrogens is 1. The average Bonchev–Trinajstić information content (AvgIpc) is 2.67. The highest BCUT2D eigenvalue weighted by Gasteiger charge is 2.08. The third kappa shape index (κ3) is 2.53. The molecule has 0 bridgehead atoms. The highest BCUT2D eigenvalue weighted by Crippen LogP contribution is 2.27. The van der Waals surface area contributed by atoms with Crippen LogP contribution < -0.4 is 0 Å². The van der Waals surface area contributed by atoms with Gasteiger partial charge in [0, 0.05) is 18.6 Å². The Kier molecular flexibility index (Phi) is 3.37. The first-order valence-electron chi connectivity index (χ1n) is 5.76. The van der Waals surface area contributed by atoms with Gasteiger partial charge < -0.3 is 15.0 Å². The molecule has 0 aliphatic rings. The van der Waals surface area contributed by atoms with E-state index in [1.165, 1.54) is 16.7 Å². The lowest BCUT2D eigenvalue weighted by atomic mass is 10.1. The fraction of sp³-hybridized carbons (Fsp3) is 0.214.